The molecule has 5 nitrogen and oxygen atoms in total. The van der Waals surface area contributed by atoms with Crippen LogP contribution >= 0.6 is 11.6 Å². The van der Waals surface area contributed by atoms with Crippen molar-refractivity contribution in [2.24, 2.45) is 0 Å². The maximum absolute atomic E-state index is 12.7. The number of amides is 1. The van der Waals surface area contributed by atoms with Crippen LogP contribution in [-0.2, 0) is 22.6 Å². The normalized spacial score (nSPS) is 12.0. The van der Waals surface area contributed by atoms with Gasteiger partial charge >= 0.3 is 6.18 Å². The first-order valence-electron chi connectivity index (χ1n) is 7.36. The van der Waals surface area contributed by atoms with Crippen LogP contribution in [0, 0.1) is 0 Å². The number of hydrogen-bond donors (Lipinski definition) is 1. The van der Waals surface area contributed by atoms with Crippen molar-refractivity contribution in [1.82, 2.24) is 10.3 Å². The van der Waals surface area contributed by atoms with E-state index >= 15 is 0 Å². The van der Waals surface area contributed by atoms with E-state index in [1.807, 2.05) is 0 Å². The summed E-state index contributed by atoms with van der Waals surface area (Å²) in [5.74, 6) is -0.962. The molecule has 26 heavy (non-hydrogen) atoms. The molecular formula is C16H14ClF3N2O3S. The van der Waals surface area contributed by atoms with E-state index in [0.717, 1.165) is 6.20 Å². The summed E-state index contributed by atoms with van der Waals surface area (Å²) in [7, 11) is -3.56. The van der Waals surface area contributed by atoms with Gasteiger partial charge in [-0.1, -0.05) is 18.5 Å². The Morgan fingerprint density at radius 3 is 2.54 bits per heavy atom. The Bertz CT molecular complexity index is 931. The number of alkyl halides is 3. The lowest BCUT2D eigenvalue weighted by molar-refractivity contribution is -0.137. The van der Waals surface area contributed by atoms with Gasteiger partial charge in [-0.3, -0.25) is 9.78 Å². The van der Waals surface area contributed by atoms with Gasteiger partial charge in [0.25, 0.3) is 5.91 Å². The Labute approximate surface area is 153 Å². The number of rotatable bonds is 5. The average molecular weight is 407 g/mol. The summed E-state index contributed by atoms with van der Waals surface area (Å²) in [6.07, 6.45) is -3.02. The second-order valence-electron chi connectivity index (χ2n) is 5.30. The van der Waals surface area contributed by atoms with Gasteiger partial charge in [-0.2, -0.15) is 13.2 Å². The highest BCUT2D eigenvalue weighted by Gasteiger charge is 2.31. The van der Waals surface area contributed by atoms with E-state index in [9.17, 15) is 26.4 Å². The van der Waals surface area contributed by atoms with Gasteiger partial charge < -0.3 is 5.32 Å². The first kappa shape index (κ1) is 20.2. The van der Waals surface area contributed by atoms with Gasteiger partial charge in [0.15, 0.2) is 9.84 Å². The Balaban J connectivity index is 2.24. The van der Waals surface area contributed by atoms with Gasteiger partial charge in [-0.15, -0.1) is 0 Å². The molecule has 0 bridgehead atoms. The molecule has 1 N–H and O–H groups in total. The van der Waals surface area contributed by atoms with Crippen LogP contribution in [-0.4, -0.2) is 25.1 Å². The van der Waals surface area contributed by atoms with Gasteiger partial charge in [0.05, 0.1) is 21.8 Å². The summed E-state index contributed by atoms with van der Waals surface area (Å²) in [4.78, 5) is 15.5. The number of halogens is 4. The van der Waals surface area contributed by atoms with Crippen molar-refractivity contribution in [3.63, 3.8) is 0 Å². The molecule has 0 aliphatic heterocycles. The van der Waals surface area contributed by atoms with Gasteiger partial charge in [-0.05, 0) is 29.8 Å². The molecule has 0 saturated heterocycles. The molecule has 2 rings (SSSR count). The van der Waals surface area contributed by atoms with E-state index in [4.69, 9.17) is 11.6 Å². The number of benzene rings is 1. The van der Waals surface area contributed by atoms with Crippen molar-refractivity contribution >= 4 is 27.3 Å². The Kier molecular flexibility index (Phi) is 5.92. The number of hydrogen-bond acceptors (Lipinski definition) is 4. The van der Waals surface area contributed by atoms with E-state index in [1.54, 1.807) is 0 Å². The lowest BCUT2D eigenvalue weighted by atomic mass is 10.1. The lowest BCUT2D eigenvalue weighted by Gasteiger charge is -2.12. The summed E-state index contributed by atoms with van der Waals surface area (Å²) >= 11 is 5.87. The van der Waals surface area contributed by atoms with Crippen LogP contribution in [0.4, 0.5) is 13.2 Å². The van der Waals surface area contributed by atoms with Gasteiger partial charge in [-0.25, -0.2) is 8.42 Å². The zero-order chi connectivity index (χ0) is 19.5. The molecule has 1 aromatic heterocycles. The molecule has 10 heteroatoms. The predicted molar refractivity (Wildman–Crippen MR) is 89.6 cm³/mol. The number of carbonyl (C=O) groups excluding carboxylic acids is 1. The van der Waals surface area contributed by atoms with E-state index < -0.39 is 27.5 Å². The maximum Gasteiger partial charge on any atom is 0.417 e. The van der Waals surface area contributed by atoms with Crippen LogP contribution in [0.2, 0.25) is 5.02 Å². The molecule has 1 amide bonds. The smallest absolute Gasteiger partial charge is 0.348 e. The number of nitrogens with zero attached hydrogens (tertiary/aromatic N) is 1. The fraction of sp³-hybridized carbons (Fsp3) is 0.250. The summed E-state index contributed by atoms with van der Waals surface area (Å²) in [5.41, 5.74) is -1.10. The third kappa shape index (κ3) is 4.73. The maximum atomic E-state index is 12.7. The summed E-state index contributed by atoms with van der Waals surface area (Å²) in [6.45, 7) is 1.25. The van der Waals surface area contributed by atoms with Gasteiger partial charge in [0.1, 0.15) is 0 Å². The molecule has 0 aliphatic rings. The standard InChI is InChI=1S/C16H14ClF3N2O3S/c1-2-26(24,25)14-4-3-13(17)6-10(14)8-22-15(23)11-5-12(9-21-7-11)16(18,19)20/h3-7,9H,2,8H2,1H3,(H,22,23). The van der Waals surface area contributed by atoms with Crippen molar-refractivity contribution in [3.05, 3.63) is 58.4 Å². The first-order valence-corrected chi connectivity index (χ1v) is 9.39. The van der Waals surface area contributed by atoms with Crippen LogP contribution in [0.5, 0.6) is 0 Å². The molecule has 0 aliphatic carbocycles. The first-order chi connectivity index (χ1) is 12.0. The largest absolute Gasteiger partial charge is 0.417 e. The second-order valence-corrected chi connectivity index (χ2v) is 7.98. The number of sulfone groups is 1. The number of carbonyl (C=O) groups is 1. The highest BCUT2D eigenvalue weighted by Crippen LogP contribution is 2.29. The highest BCUT2D eigenvalue weighted by atomic mass is 35.5. The molecule has 0 radical (unpaired) electrons. The zero-order valence-corrected chi connectivity index (χ0v) is 15.0. The number of pyridine rings is 1. The van der Waals surface area contributed by atoms with Gasteiger partial charge in [0, 0.05) is 24.0 Å². The Morgan fingerprint density at radius 1 is 1.23 bits per heavy atom. The van der Waals surface area contributed by atoms with E-state index in [1.165, 1.54) is 25.1 Å². The molecule has 0 unspecified atom stereocenters. The van der Waals surface area contributed by atoms with Crippen LogP contribution < -0.4 is 5.32 Å². The second kappa shape index (κ2) is 7.63. The van der Waals surface area contributed by atoms with Crippen LogP contribution in [0.25, 0.3) is 0 Å². The van der Waals surface area contributed by atoms with Crippen LogP contribution in [0.1, 0.15) is 28.4 Å². The molecule has 1 aromatic carbocycles. The highest BCUT2D eigenvalue weighted by molar-refractivity contribution is 7.91. The quantitative estimate of drug-likeness (QED) is 0.824. The summed E-state index contributed by atoms with van der Waals surface area (Å²) in [5, 5.41) is 2.66. The average Bonchev–Trinajstić information content (AvgIpc) is 2.59. The number of aromatic nitrogens is 1. The fourth-order valence-electron chi connectivity index (χ4n) is 2.14. The zero-order valence-electron chi connectivity index (χ0n) is 13.5. The van der Waals surface area contributed by atoms with Crippen LogP contribution in [0.3, 0.4) is 0 Å². The number of nitrogens with one attached hydrogen (secondary N) is 1. The van der Waals surface area contributed by atoms with Crippen molar-refractivity contribution < 1.29 is 26.4 Å². The van der Waals surface area contributed by atoms with Crippen molar-refractivity contribution in [3.8, 4) is 0 Å². The van der Waals surface area contributed by atoms with E-state index in [2.05, 4.69) is 10.3 Å². The molecule has 1 heterocycles. The van der Waals surface area contributed by atoms with Crippen molar-refractivity contribution in [2.45, 2.75) is 24.5 Å². The molecule has 140 valence electrons. The van der Waals surface area contributed by atoms with Crippen molar-refractivity contribution in [1.29, 1.82) is 0 Å². The predicted octanol–water partition coefficient (Wildman–Crippen LogP) is 3.48. The fourth-order valence-corrected chi connectivity index (χ4v) is 3.45. The minimum absolute atomic E-state index is 0.00636. The van der Waals surface area contributed by atoms with Gasteiger partial charge in [0.2, 0.25) is 0 Å². The minimum Gasteiger partial charge on any atom is -0.348 e. The third-order valence-electron chi connectivity index (χ3n) is 3.50. The molecule has 0 fully saturated rings. The molecule has 0 saturated carbocycles. The third-order valence-corrected chi connectivity index (χ3v) is 5.57. The van der Waals surface area contributed by atoms with E-state index in [-0.39, 0.29) is 33.3 Å². The molecular weight excluding hydrogens is 393 g/mol. The Morgan fingerprint density at radius 2 is 1.92 bits per heavy atom. The van der Waals surface area contributed by atoms with Crippen molar-refractivity contribution in [2.75, 3.05) is 5.75 Å². The molecule has 0 spiro atoms. The molecule has 0 atom stereocenters. The minimum atomic E-state index is -4.63. The topological polar surface area (TPSA) is 76.1 Å². The molecule has 2 aromatic rings. The SMILES string of the molecule is CCS(=O)(=O)c1ccc(Cl)cc1CNC(=O)c1cncc(C(F)(F)F)c1. The van der Waals surface area contributed by atoms with Crippen LogP contribution in [0.15, 0.2) is 41.6 Å². The lowest BCUT2D eigenvalue weighted by Crippen LogP contribution is -2.24. The summed E-state index contributed by atoms with van der Waals surface area (Å²) in [6, 6.07) is 4.79. The monoisotopic (exact) mass is 406 g/mol. The van der Waals surface area contributed by atoms with E-state index in [0.29, 0.717) is 12.3 Å². The summed E-state index contributed by atoms with van der Waals surface area (Å²) < 4.78 is 62.3. The Hall–Kier alpha value is -2.13.